The number of anilines is 1. The molecule has 1 saturated carbocycles. The van der Waals surface area contributed by atoms with Gasteiger partial charge >= 0.3 is 0 Å². The first kappa shape index (κ1) is 12.0. The van der Waals surface area contributed by atoms with Crippen LogP contribution in [0.4, 0.5) is 5.69 Å². The van der Waals surface area contributed by atoms with Crippen LogP contribution >= 0.6 is 0 Å². The predicted molar refractivity (Wildman–Crippen MR) is 73.9 cm³/mol. The number of nitrogens with zero attached hydrogens (tertiary/aromatic N) is 1. The molecule has 2 fully saturated rings. The van der Waals surface area contributed by atoms with Gasteiger partial charge in [-0.2, -0.15) is 0 Å². The number of para-hydroxylation sites is 1. The van der Waals surface area contributed by atoms with E-state index in [0.717, 1.165) is 25.6 Å². The molecule has 0 radical (unpaired) electrons. The summed E-state index contributed by atoms with van der Waals surface area (Å²) in [6, 6.07) is 9.31. The molecular formula is C15H22N2O. The third-order valence-electron chi connectivity index (χ3n) is 4.03. The summed E-state index contributed by atoms with van der Waals surface area (Å²) in [5, 5.41) is 3.66. The van der Waals surface area contributed by atoms with Crippen molar-refractivity contribution in [1.82, 2.24) is 5.32 Å². The Morgan fingerprint density at radius 1 is 1.33 bits per heavy atom. The van der Waals surface area contributed by atoms with Crippen molar-refractivity contribution in [2.24, 2.45) is 5.92 Å². The number of rotatable bonds is 4. The summed E-state index contributed by atoms with van der Waals surface area (Å²) in [5.41, 5.74) is 2.66. The van der Waals surface area contributed by atoms with Crippen molar-refractivity contribution < 1.29 is 4.74 Å². The van der Waals surface area contributed by atoms with E-state index in [-0.39, 0.29) is 0 Å². The van der Waals surface area contributed by atoms with Gasteiger partial charge in [-0.1, -0.05) is 18.2 Å². The molecule has 1 aliphatic heterocycles. The number of piperazine rings is 1. The molecule has 1 saturated heterocycles. The number of hydrogen-bond donors (Lipinski definition) is 1. The number of ether oxygens (including phenoxy) is 1. The third-order valence-corrected chi connectivity index (χ3v) is 4.03. The largest absolute Gasteiger partial charge is 0.380 e. The molecule has 3 rings (SSSR count). The van der Waals surface area contributed by atoms with Gasteiger partial charge in [0, 0.05) is 44.0 Å². The molecule has 3 heteroatoms. The topological polar surface area (TPSA) is 24.5 Å². The van der Waals surface area contributed by atoms with E-state index in [9.17, 15) is 0 Å². The van der Waals surface area contributed by atoms with Crippen LogP contribution in [0.2, 0.25) is 0 Å². The van der Waals surface area contributed by atoms with Crippen molar-refractivity contribution >= 4 is 5.69 Å². The molecule has 1 aromatic carbocycles. The lowest BCUT2D eigenvalue weighted by Crippen LogP contribution is -2.52. The van der Waals surface area contributed by atoms with E-state index < -0.39 is 0 Å². The number of nitrogens with one attached hydrogen (secondary N) is 1. The average molecular weight is 246 g/mol. The lowest BCUT2D eigenvalue weighted by molar-refractivity contribution is 0.185. The van der Waals surface area contributed by atoms with Gasteiger partial charge in [0.15, 0.2) is 0 Å². The molecular weight excluding hydrogens is 224 g/mol. The van der Waals surface area contributed by atoms with Gasteiger partial charge in [0.05, 0.1) is 6.61 Å². The molecule has 1 atom stereocenters. The Hall–Kier alpha value is -1.06. The molecule has 3 nitrogen and oxygen atoms in total. The van der Waals surface area contributed by atoms with Gasteiger partial charge in [0.1, 0.15) is 0 Å². The minimum atomic E-state index is 0.689. The highest BCUT2D eigenvalue weighted by molar-refractivity contribution is 5.54. The molecule has 98 valence electrons. The van der Waals surface area contributed by atoms with E-state index >= 15 is 0 Å². The van der Waals surface area contributed by atoms with Crippen molar-refractivity contribution in [1.29, 1.82) is 0 Å². The zero-order chi connectivity index (χ0) is 12.4. The molecule has 1 aromatic rings. The van der Waals surface area contributed by atoms with E-state index in [0.29, 0.717) is 12.6 Å². The molecule has 1 N–H and O–H groups in total. The molecule has 1 heterocycles. The van der Waals surface area contributed by atoms with Crippen molar-refractivity contribution in [2.45, 2.75) is 25.5 Å². The van der Waals surface area contributed by atoms with Crippen molar-refractivity contribution in [2.75, 3.05) is 31.6 Å². The lowest BCUT2D eigenvalue weighted by Gasteiger charge is -2.36. The Bertz CT molecular complexity index is 403. The van der Waals surface area contributed by atoms with Gasteiger partial charge in [0.25, 0.3) is 0 Å². The number of benzene rings is 1. The van der Waals surface area contributed by atoms with Gasteiger partial charge in [0.2, 0.25) is 0 Å². The predicted octanol–water partition coefficient (Wildman–Crippen LogP) is 2.02. The smallest absolute Gasteiger partial charge is 0.0733 e. The van der Waals surface area contributed by atoms with Gasteiger partial charge in [-0.25, -0.2) is 0 Å². The fourth-order valence-electron chi connectivity index (χ4n) is 2.91. The van der Waals surface area contributed by atoms with E-state index in [1.807, 2.05) is 0 Å². The SMILES string of the molecule is COCc1ccccc1N1CCNC(C2CC2)C1. The first-order valence-electron chi connectivity index (χ1n) is 6.93. The minimum absolute atomic E-state index is 0.689. The second kappa shape index (κ2) is 5.29. The zero-order valence-corrected chi connectivity index (χ0v) is 11.1. The Labute approximate surface area is 109 Å². The standard InChI is InChI=1S/C15H22N2O/c1-18-11-13-4-2-3-5-15(13)17-9-8-16-14(10-17)12-6-7-12/h2-5,12,14,16H,6-11H2,1H3. The highest BCUT2D eigenvalue weighted by atomic mass is 16.5. The van der Waals surface area contributed by atoms with Gasteiger partial charge in [-0.05, 0) is 24.8 Å². The zero-order valence-electron chi connectivity index (χ0n) is 11.1. The Morgan fingerprint density at radius 2 is 2.17 bits per heavy atom. The Balaban J connectivity index is 1.76. The summed E-state index contributed by atoms with van der Waals surface area (Å²) >= 11 is 0. The van der Waals surface area contributed by atoms with Crippen LogP contribution in [-0.2, 0) is 11.3 Å². The summed E-state index contributed by atoms with van der Waals surface area (Å²) < 4.78 is 5.30. The molecule has 0 aromatic heterocycles. The third kappa shape index (κ3) is 2.52. The van der Waals surface area contributed by atoms with Crippen LogP contribution in [-0.4, -0.2) is 32.8 Å². The van der Waals surface area contributed by atoms with Crippen LogP contribution in [0.5, 0.6) is 0 Å². The summed E-state index contributed by atoms with van der Waals surface area (Å²) in [6.45, 7) is 4.05. The minimum Gasteiger partial charge on any atom is -0.380 e. The summed E-state index contributed by atoms with van der Waals surface area (Å²) in [7, 11) is 1.77. The van der Waals surface area contributed by atoms with E-state index in [2.05, 4.69) is 34.5 Å². The summed E-state index contributed by atoms with van der Waals surface area (Å²) in [6.07, 6.45) is 2.82. The Kier molecular flexibility index (Phi) is 3.52. The van der Waals surface area contributed by atoms with Gasteiger partial charge in [-0.3, -0.25) is 0 Å². The summed E-state index contributed by atoms with van der Waals surface area (Å²) in [4.78, 5) is 2.52. The molecule has 1 unspecified atom stereocenters. The van der Waals surface area contributed by atoms with Crippen LogP contribution in [0, 0.1) is 5.92 Å². The highest BCUT2D eigenvalue weighted by Gasteiger charge is 2.34. The second-order valence-electron chi connectivity index (χ2n) is 5.41. The molecule has 2 aliphatic rings. The maximum atomic E-state index is 5.30. The van der Waals surface area contributed by atoms with E-state index in [1.54, 1.807) is 7.11 Å². The lowest BCUT2D eigenvalue weighted by atomic mass is 10.1. The second-order valence-corrected chi connectivity index (χ2v) is 5.41. The molecule has 18 heavy (non-hydrogen) atoms. The maximum absolute atomic E-state index is 5.30. The summed E-state index contributed by atoms with van der Waals surface area (Å²) in [5.74, 6) is 0.919. The van der Waals surface area contributed by atoms with Crippen LogP contribution in [0.15, 0.2) is 24.3 Å². The Morgan fingerprint density at radius 3 is 2.94 bits per heavy atom. The maximum Gasteiger partial charge on any atom is 0.0733 e. The molecule has 0 amide bonds. The molecule has 0 bridgehead atoms. The van der Waals surface area contributed by atoms with Crippen LogP contribution < -0.4 is 10.2 Å². The average Bonchev–Trinajstić information content (AvgIpc) is 3.24. The van der Waals surface area contributed by atoms with E-state index in [4.69, 9.17) is 4.74 Å². The van der Waals surface area contributed by atoms with Gasteiger partial charge in [-0.15, -0.1) is 0 Å². The quantitative estimate of drug-likeness (QED) is 0.879. The fraction of sp³-hybridized carbons (Fsp3) is 0.600. The number of hydrogen-bond acceptors (Lipinski definition) is 3. The van der Waals surface area contributed by atoms with E-state index in [1.165, 1.54) is 24.1 Å². The van der Waals surface area contributed by atoms with Crippen molar-refractivity contribution in [3.05, 3.63) is 29.8 Å². The van der Waals surface area contributed by atoms with Crippen molar-refractivity contribution in [3.63, 3.8) is 0 Å². The highest BCUT2D eigenvalue weighted by Crippen LogP contribution is 2.34. The van der Waals surface area contributed by atoms with Crippen molar-refractivity contribution in [3.8, 4) is 0 Å². The molecule has 1 aliphatic carbocycles. The first-order valence-corrected chi connectivity index (χ1v) is 6.93. The van der Waals surface area contributed by atoms with Crippen LogP contribution in [0.1, 0.15) is 18.4 Å². The fourth-order valence-corrected chi connectivity index (χ4v) is 2.91. The number of methoxy groups -OCH3 is 1. The van der Waals surface area contributed by atoms with Crippen LogP contribution in [0.3, 0.4) is 0 Å². The first-order chi connectivity index (χ1) is 8.88. The monoisotopic (exact) mass is 246 g/mol. The normalized spacial score (nSPS) is 24.3. The van der Waals surface area contributed by atoms with Crippen LogP contribution in [0.25, 0.3) is 0 Å². The molecule has 0 spiro atoms. The van der Waals surface area contributed by atoms with Gasteiger partial charge < -0.3 is 15.0 Å².